The third-order valence-corrected chi connectivity index (χ3v) is 3.67. The summed E-state index contributed by atoms with van der Waals surface area (Å²) in [6, 6.07) is 5.50. The van der Waals surface area contributed by atoms with E-state index in [4.69, 9.17) is 16.9 Å². The smallest absolute Gasteiger partial charge is 0.225 e. The molecule has 8 heteroatoms. The van der Waals surface area contributed by atoms with Gasteiger partial charge in [-0.3, -0.25) is 0 Å². The highest BCUT2D eigenvalue weighted by atomic mass is 35.5. The minimum Gasteiger partial charge on any atom is -0.353 e. The van der Waals surface area contributed by atoms with Crippen molar-refractivity contribution in [1.82, 2.24) is 20.2 Å². The molecule has 1 fully saturated rings. The molecule has 1 aliphatic heterocycles. The first-order chi connectivity index (χ1) is 10.8. The maximum Gasteiger partial charge on any atom is 0.225 e. The molecule has 0 N–H and O–H groups in total. The SMILES string of the molecule is N#Cc1ccc(N2CCCN(c3ncc(Cl)cn3)CC2)nn1. The summed E-state index contributed by atoms with van der Waals surface area (Å²) in [4.78, 5) is 12.8. The third kappa shape index (κ3) is 3.23. The van der Waals surface area contributed by atoms with Crippen molar-refractivity contribution in [3.63, 3.8) is 0 Å². The zero-order valence-corrected chi connectivity index (χ0v) is 12.6. The Labute approximate surface area is 133 Å². The molecule has 2 aromatic heterocycles. The van der Waals surface area contributed by atoms with Crippen LogP contribution in [0.2, 0.25) is 5.02 Å². The van der Waals surface area contributed by atoms with E-state index in [0.717, 1.165) is 38.4 Å². The van der Waals surface area contributed by atoms with Gasteiger partial charge in [0.1, 0.15) is 6.07 Å². The maximum absolute atomic E-state index is 8.77. The van der Waals surface area contributed by atoms with Crippen LogP contribution in [0.1, 0.15) is 12.1 Å². The van der Waals surface area contributed by atoms with Crippen molar-refractivity contribution in [1.29, 1.82) is 5.26 Å². The van der Waals surface area contributed by atoms with Gasteiger partial charge in [0.05, 0.1) is 17.4 Å². The van der Waals surface area contributed by atoms with Crippen LogP contribution in [-0.2, 0) is 0 Å². The van der Waals surface area contributed by atoms with E-state index in [1.807, 2.05) is 12.1 Å². The number of hydrogen-bond acceptors (Lipinski definition) is 7. The second-order valence-corrected chi connectivity index (χ2v) is 5.35. The largest absolute Gasteiger partial charge is 0.353 e. The molecular weight excluding hydrogens is 302 g/mol. The lowest BCUT2D eigenvalue weighted by molar-refractivity contribution is 0.780. The van der Waals surface area contributed by atoms with E-state index in [2.05, 4.69) is 30.0 Å². The van der Waals surface area contributed by atoms with E-state index in [9.17, 15) is 0 Å². The van der Waals surface area contributed by atoms with Crippen molar-refractivity contribution < 1.29 is 0 Å². The van der Waals surface area contributed by atoms with Crippen LogP contribution in [0.15, 0.2) is 24.5 Å². The average molecular weight is 316 g/mol. The molecule has 0 saturated carbocycles. The van der Waals surface area contributed by atoms with Gasteiger partial charge in [-0.15, -0.1) is 10.2 Å². The van der Waals surface area contributed by atoms with Crippen molar-refractivity contribution in [2.24, 2.45) is 0 Å². The minimum absolute atomic E-state index is 0.328. The predicted molar refractivity (Wildman–Crippen MR) is 82.8 cm³/mol. The molecule has 0 aliphatic carbocycles. The molecular formula is C14H14ClN7. The Bertz CT molecular complexity index is 665. The number of anilines is 2. The predicted octanol–water partition coefficient (Wildman–Crippen LogP) is 1.51. The molecule has 1 aliphatic rings. The molecule has 7 nitrogen and oxygen atoms in total. The normalized spacial score (nSPS) is 15.3. The van der Waals surface area contributed by atoms with Crippen LogP contribution in [0.4, 0.5) is 11.8 Å². The van der Waals surface area contributed by atoms with Crippen molar-refractivity contribution in [3.8, 4) is 6.07 Å². The first-order valence-electron chi connectivity index (χ1n) is 6.97. The van der Waals surface area contributed by atoms with E-state index >= 15 is 0 Å². The summed E-state index contributed by atoms with van der Waals surface area (Å²) in [7, 11) is 0. The van der Waals surface area contributed by atoms with Crippen LogP contribution in [-0.4, -0.2) is 46.3 Å². The number of hydrogen-bond donors (Lipinski definition) is 0. The molecule has 0 spiro atoms. The number of rotatable bonds is 2. The Morgan fingerprint density at radius 2 is 1.73 bits per heavy atom. The van der Waals surface area contributed by atoms with E-state index in [1.165, 1.54) is 0 Å². The Morgan fingerprint density at radius 3 is 2.41 bits per heavy atom. The second kappa shape index (κ2) is 6.54. The molecule has 112 valence electrons. The summed E-state index contributed by atoms with van der Waals surface area (Å²) in [6.07, 6.45) is 4.19. The minimum atomic E-state index is 0.328. The maximum atomic E-state index is 8.77. The topological polar surface area (TPSA) is 81.8 Å². The fourth-order valence-corrected chi connectivity index (χ4v) is 2.47. The van der Waals surface area contributed by atoms with Gasteiger partial charge >= 0.3 is 0 Å². The van der Waals surface area contributed by atoms with Gasteiger partial charge in [0.25, 0.3) is 0 Å². The second-order valence-electron chi connectivity index (χ2n) is 4.92. The van der Waals surface area contributed by atoms with Gasteiger partial charge in [-0.05, 0) is 18.6 Å². The van der Waals surface area contributed by atoms with E-state index in [1.54, 1.807) is 18.5 Å². The van der Waals surface area contributed by atoms with Crippen LogP contribution in [0, 0.1) is 11.3 Å². The number of nitriles is 1. The molecule has 2 aromatic rings. The fraction of sp³-hybridized carbons (Fsp3) is 0.357. The highest BCUT2D eigenvalue weighted by Crippen LogP contribution is 2.16. The molecule has 3 rings (SSSR count). The van der Waals surface area contributed by atoms with Crippen molar-refractivity contribution in [2.75, 3.05) is 36.0 Å². The van der Waals surface area contributed by atoms with Gasteiger partial charge in [0.15, 0.2) is 11.5 Å². The first-order valence-corrected chi connectivity index (χ1v) is 7.35. The van der Waals surface area contributed by atoms with E-state index in [0.29, 0.717) is 16.7 Å². The molecule has 22 heavy (non-hydrogen) atoms. The van der Waals surface area contributed by atoms with Crippen molar-refractivity contribution >= 4 is 23.4 Å². The van der Waals surface area contributed by atoms with Gasteiger partial charge < -0.3 is 9.80 Å². The highest BCUT2D eigenvalue weighted by Gasteiger charge is 2.18. The van der Waals surface area contributed by atoms with Crippen molar-refractivity contribution in [2.45, 2.75) is 6.42 Å². The van der Waals surface area contributed by atoms with Crippen LogP contribution < -0.4 is 9.80 Å². The fourth-order valence-electron chi connectivity index (χ4n) is 2.37. The lowest BCUT2D eigenvalue weighted by atomic mass is 10.3. The summed E-state index contributed by atoms with van der Waals surface area (Å²) in [5.41, 5.74) is 0.328. The quantitative estimate of drug-likeness (QED) is 0.830. The van der Waals surface area contributed by atoms with E-state index < -0.39 is 0 Å². The molecule has 0 amide bonds. The molecule has 0 unspecified atom stereocenters. The third-order valence-electron chi connectivity index (χ3n) is 3.47. The molecule has 0 atom stereocenters. The number of aromatic nitrogens is 4. The average Bonchev–Trinajstić information content (AvgIpc) is 2.82. The Morgan fingerprint density at radius 1 is 1.00 bits per heavy atom. The van der Waals surface area contributed by atoms with Crippen LogP contribution >= 0.6 is 11.6 Å². The molecule has 3 heterocycles. The Kier molecular flexibility index (Phi) is 4.30. The molecule has 0 radical (unpaired) electrons. The molecule has 1 saturated heterocycles. The standard InChI is InChI=1S/C14H14ClN7/c15-11-9-17-14(18-10-11)22-5-1-4-21(6-7-22)13-3-2-12(8-16)19-20-13/h2-3,9-10H,1,4-7H2. The lowest BCUT2D eigenvalue weighted by Gasteiger charge is -2.22. The molecule has 0 aromatic carbocycles. The number of nitrogens with zero attached hydrogens (tertiary/aromatic N) is 7. The summed E-state index contributed by atoms with van der Waals surface area (Å²) >= 11 is 5.82. The highest BCUT2D eigenvalue weighted by molar-refractivity contribution is 6.30. The Balaban J connectivity index is 1.69. The van der Waals surface area contributed by atoms with Crippen LogP contribution in [0.5, 0.6) is 0 Å². The van der Waals surface area contributed by atoms with Gasteiger partial charge in [-0.25, -0.2) is 9.97 Å². The van der Waals surface area contributed by atoms with E-state index in [-0.39, 0.29) is 0 Å². The molecule has 0 bridgehead atoms. The zero-order valence-electron chi connectivity index (χ0n) is 11.9. The monoisotopic (exact) mass is 315 g/mol. The summed E-state index contributed by atoms with van der Waals surface area (Å²) in [5.74, 6) is 1.48. The van der Waals surface area contributed by atoms with Gasteiger partial charge in [-0.2, -0.15) is 5.26 Å². The summed E-state index contributed by atoms with van der Waals surface area (Å²) < 4.78 is 0. The van der Waals surface area contributed by atoms with Crippen molar-refractivity contribution in [3.05, 3.63) is 35.2 Å². The first kappa shape index (κ1) is 14.5. The van der Waals surface area contributed by atoms with Crippen LogP contribution in [0.3, 0.4) is 0 Å². The van der Waals surface area contributed by atoms with Gasteiger partial charge in [0.2, 0.25) is 5.95 Å². The van der Waals surface area contributed by atoms with Gasteiger partial charge in [0, 0.05) is 26.2 Å². The Hall–Kier alpha value is -2.46. The van der Waals surface area contributed by atoms with Gasteiger partial charge in [-0.1, -0.05) is 11.6 Å². The number of halogens is 1. The van der Waals surface area contributed by atoms with Crippen LogP contribution in [0.25, 0.3) is 0 Å². The summed E-state index contributed by atoms with van der Waals surface area (Å²) in [6.45, 7) is 3.35. The lowest BCUT2D eigenvalue weighted by Crippen LogP contribution is -2.32. The summed E-state index contributed by atoms with van der Waals surface area (Å²) in [5, 5.41) is 17.3. The zero-order chi connectivity index (χ0) is 15.4.